The maximum Gasteiger partial charge on any atom is 0.433 e. The molecule has 0 bridgehead atoms. The van der Waals surface area contributed by atoms with Crippen LogP contribution in [0.2, 0.25) is 0 Å². The fourth-order valence-corrected chi connectivity index (χ4v) is 1.72. The number of benzene rings is 1. The summed E-state index contributed by atoms with van der Waals surface area (Å²) in [5.74, 6) is -0.572. The van der Waals surface area contributed by atoms with Crippen LogP contribution in [-0.4, -0.2) is 16.0 Å². The van der Waals surface area contributed by atoms with Crippen molar-refractivity contribution in [1.82, 2.24) is 9.97 Å². The Morgan fingerprint density at radius 1 is 1.13 bits per heavy atom. The van der Waals surface area contributed by atoms with Crippen LogP contribution in [0.3, 0.4) is 0 Å². The summed E-state index contributed by atoms with van der Waals surface area (Å²) in [6, 6.07) is 5.96. The Balaban J connectivity index is 2.33. The van der Waals surface area contributed by atoms with Gasteiger partial charge in [-0.3, -0.25) is 0 Å². The van der Waals surface area contributed by atoms with E-state index in [0.717, 1.165) is 6.07 Å². The van der Waals surface area contributed by atoms with Gasteiger partial charge in [-0.15, -0.1) is 0 Å². The van der Waals surface area contributed by atoms with Gasteiger partial charge in [0.05, 0.1) is 0 Å². The summed E-state index contributed by atoms with van der Waals surface area (Å²) in [4.78, 5) is 7.53. The summed E-state index contributed by atoms with van der Waals surface area (Å²) in [6.07, 6.45) is -3.88. The van der Waals surface area contributed by atoms with Gasteiger partial charge in [-0.1, -0.05) is 6.92 Å². The van der Waals surface area contributed by atoms with E-state index in [4.69, 9.17) is 0 Å². The third-order valence-corrected chi connectivity index (χ3v) is 3.12. The zero-order valence-corrected chi connectivity index (χ0v) is 12.6. The molecule has 0 saturated heterocycles. The van der Waals surface area contributed by atoms with Crippen LogP contribution in [0.15, 0.2) is 30.3 Å². The minimum absolute atomic E-state index is 0.0234. The van der Waals surface area contributed by atoms with E-state index < -0.39 is 17.7 Å². The molecular weight excluding hydrogens is 312 g/mol. The number of halogens is 4. The van der Waals surface area contributed by atoms with Crippen LogP contribution in [-0.2, 0) is 6.18 Å². The monoisotopic (exact) mass is 328 g/mol. The highest BCUT2D eigenvalue weighted by molar-refractivity contribution is 5.57. The molecule has 0 aliphatic heterocycles. The molecular formula is C15H16F4N4. The molecule has 2 rings (SSSR count). The second-order valence-electron chi connectivity index (χ2n) is 5.05. The molecule has 0 unspecified atom stereocenters. The SMILES string of the molecule is CC[C@@H](C)Nc1nc(Nc2ccc(F)cc2)cc(C(F)(F)F)n1. The molecule has 1 heterocycles. The van der Waals surface area contributed by atoms with E-state index in [1.54, 1.807) is 0 Å². The van der Waals surface area contributed by atoms with Gasteiger partial charge in [0.15, 0.2) is 5.69 Å². The summed E-state index contributed by atoms with van der Waals surface area (Å²) in [6.45, 7) is 3.71. The van der Waals surface area contributed by atoms with Gasteiger partial charge in [0.25, 0.3) is 0 Å². The number of alkyl halides is 3. The van der Waals surface area contributed by atoms with Crippen molar-refractivity contribution in [2.24, 2.45) is 0 Å². The van der Waals surface area contributed by atoms with Gasteiger partial charge in [0.2, 0.25) is 5.95 Å². The van der Waals surface area contributed by atoms with Crippen LogP contribution in [0.25, 0.3) is 0 Å². The predicted octanol–water partition coefficient (Wildman–Crippen LogP) is 4.59. The minimum atomic E-state index is -4.59. The standard InChI is InChI=1S/C15H16F4N4/c1-3-9(2)20-14-22-12(15(17,18)19)8-13(23-14)21-11-6-4-10(16)5-7-11/h4-9H,3H2,1-2H3,(H2,20,21,22,23)/t9-/m1/s1. The average molecular weight is 328 g/mol. The van der Waals surface area contributed by atoms with E-state index in [1.165, 1.54) is 24.3 Å². The van der Waals surface area contributed by atoms with E-state index in [-0.39, 0.29) is 17.8 Å². The molecule has 1 aromatic heterocycles. The first-order valence-electron chi connectivity index (χ1n) is 7.03. The van der Waals surface area contributed by atoms with Crippen molar-refractivity contribution >= 4 is 17.5 Å². The molecule has 0 aliphatic rings. The molecule has 23 heavy (non-hydrogen) atoms. The zero-order chi connectivity index (χ0) is 17.0. The first-order chi connectivity index (χ1) is 10.8. The van der Waals surface area contributed by atoms with Gasteiger partial charge in [-0.25, -0.2) is 9.37 Å². The van der Waals surface area contributed by atoms with Crippen LogP contribution in [0, 0.1) is 5.82 Å². The third-order valence-electron chi connectivity index (χ3n) is 3.12. The highest BCUT2D eigenvalue weighted by Gasteiger charge is 2.33. The normalized spacial score (nSPS) is 12.8. The van der Waals surface area contributed by atoms with Crippen molar-refractivity contribution in [2.45, 2.75) is 32.5 Å². The fraction of sp³-hybridized carbons (Fsp3) is 0.333. The van der Waals surface area contributed by atoms with Gasteiger partial charge < -0.3 is 10.6 Å². The Labute approximate surface area is 131 Å². The first-order valence-corrected chi connectivity index (χ1v) is 7.03. The second kappa shape index (κ2) is 6.80. The molecule has 0 saturated carbocycles. The van der Waals surface area contributed by atoms with E-state index in [0.29, 0.717) is 12.1 Å². The summed E-state index contributed by atoms with van der Waals surface area (Å²) in [5, 5.41) is 5.53. The van der Waals surface area contributed by atoms with Crippen molar-refractivity contribution in [1.29, 1.82) is 0 Å². The molecule has 1 atom stereocenters. The molecule has 0 spiro atoms. The molecule has 1 aromatic carbocycles. The van der Waals surface area contributed by atoms with Crippen LogP contribution in [0.1, 0.15) is 26.0 Å². The Bertz CT molecular complexity index is 656. The van der Waals surface area contributed by atoms with Crippen molar-refractivity contribution in [3.63, 3.8) is 0 Å². The fourth-order valence-electron chi connectivity index (χ4n) is 1.72. The quantitative estimate of drug-likeness (QED) is 0.788. The molecule has 2 N–H and O–H groups in total. The highest BCUT2D eigenvalue weighted by atomic mass is 19.4. The van der Waals surface area contributed by atoms with Crippen molar-refractivity contribution in [3.8, 4) is 0 Å². The number of rotatable bonds is 5. The summed E-state index contributed by atoms with van der Waals surface area (Å²) < 4.78 is 51.8. The number of anilines is 3. The lowest BCUT2D eigenvalue weighted by Crippen LogP contribution is -2.18. The van der Waals surface area contributed by atoms with Gasteiger partial charge in [0.1, 0.15) is 11.6 Å². The van der Waals surface area contributed by atoms with Crippen LogP contribution in [0.4, 0.5) is 35.0 Å². The number of aromatic nitrogens is 2. The van der Waals surface area contributed by atoms with E-state index in [9.17, 15) is 17.6 Å². The highest BCUT2D eigenvalue weighted by Crippen LogP contribution is 2.30. The minimum Gasteiger partial charge on any atom is -0.352 e. The molecule has 2 aromatic rings. The van der Waals surface area contributed by atoms with E-state index >= 15 is 0 Å². The van der Waals surface area contributed by atoms with Gasteiger partial charge in [-0.2, -0.15) is 18.2 Å². The van der Waals surface area contributed by atoms with Crippen molar-refractivity contribution in [3.05, 3.63) is 41.8 Å². The van der Waals surface area contributed by atoms with Gasteiger partial charge in [0, 0.05) is 17.8 Å². The second-order valence-corrected chi connectivity index (χ2v) is 5.05. The first kappa shape index (κ1) is 17.0. The molecule has 8 heteroatoms. The van der Waals surface area contributed by atoms with Crippen LogP contribution >= 0.6 is 0 Å². The zero-order valence-electron chi connectivity index (χ0n) is 12.6. The largest absolute Gasteiger partial charge is 0.433 e. The molecule has 0 radical (unpaired) electrons. The maximum absolute atomic E-state index is 13.0. The lowest BCUT2D eigenvalue weighted by atomic mass is 10.3. The smallest absolute Gasteiger partial charge is 0.352 e. The molecule has 124 valence electrons. The average Bonchev–Trinajstić information content (AvgIpc) is 2.48. The Morgan fingerprint density at radius 2 is 1.78 bits per heavy atom. The molecule has 0 amide bonds. The van der Waals surface area contributed by atoms with E-state index in [2.05, 4.69) is 20.6 Å². The van der Waals surface area contributed by atoms with Crippen LogP contribution in [0.5, 0.6) is 0 Å². The van der Waals surface area contributed by atoms with Crippen LogP contribution < -0.4 is 10.6 Å². The Hall–Kier alpha value is -2.38. The number of nitrogens with zero attached hydrogens (tertiary/aromatic N) is 2. The van der Waals surface area contributed by atoms with E-state index in [1.807, 2.05) is 13.8 Å². The molecule has 4 nitrogen and oxygen atoms in total. The third kappa shape index (κ3) is 4.80. The lowest BCUT2D eigenvalue weighted by molar-refractivity contribution is -0.141. The van der Waals surface area contributed by atoms with Gasteiger partial charge >= 0.3 is 6.18 Å². The summed E-state index contributed by atoms with van der Waals surface area (Å²) in [5.41, 5.74) is -0.629. The van der Waals surface area contributed by atoms with Crippen molar-refractivity contribution < 1.29 is 17.6 Å². The topological polar surface area (TPSA) is 49.8 Å². The predicted molar refractivity (Wildman–Crippen MR) is 80.1 cm³/mol. The molecule has 0 fully saturated rings. The Kier molecular flexibility index (Phi) is 5.02. The number of nitrogens with one attached hydrogen (secondary N) is 2. The number of hydrogen-bond donors (Lipinski definition) is 2. The van der Waals surface area contributed by atoms with Crippen molar-refractivity contribution in [2.75, 3.05) is 10.6 Å². The van der Waals surface area contributed by atoms with Gasteiger partial charge in [-0.05, 0) is 37.6 Å². The number of hydrogen-bond acceptors (Lipinski definition) is 4. The molecule has 0 aliphatic carbocycles. The maximum atomic E-state index is 13.0. The summed E-state index contributed by atoms with van der Waals surface area (Å²) in [7, 11) is 0. The lowest BCUT2D eigenvalue weighted by Gasteiger charge is -2.15. The summed E-state index contributed by atoms with van der Waals surface area (Å²) >= 11 is 0. The Morgan fingerprint density at radius 3 is 2.35 bits per heavy atom.